The van der Waals surface area contributed by atoms with Gasteiger partial charge < -0.3 is 25.4 Å². The standard InChI is InChI=1S/C15H21N5O5/c1-2-24-9(21)5-3-4-8-11(22)12(23)15(25-8)20-7-19-10-13(16)17-6-18-14(10)20/h6-8,11-12,15,22-23H,2-5H2,1H3,(H2,16,17,18)/t8-,11-,12-,15-/m1/s1. The first-order chi connectivity index (χ1) is 12.0. The molecule has 0 aromatic carbocycles. The maximum atomic E-state index is 11.4. The molecule has 136 valence electrons. The zero-order chi connectivity index (χ0) is 18.0. The van der Waals surface area contributed by atoms with Gasteiger partial charge in [-0.05, 0) is 19.8 Å². The Balaban J connectivity index is 1.69. The average molecular weight is 351 g/mol. The molecule has 1 fully saturated rings. The third-order valence-corrected chi connectivity index (χ3v) is 4.17. The highest BCUT2D eigenvalue weighted by Gasteiger charge is 2.43. The normalized spacial score (nSPS) is 26.2. The van der Waals surface area contributed by atoms with Crippen molar-refractivity contribution < 1.29 is 24.5 Å². The number of nitrogen functional groups attached to an aromatic ring is 1. The molecule has 0 bridgehead atoms. The molecule has 1 aliphatic heterocycles. The lowest BCUT2D eigenvalue weighted by Gasteiger charge is -2.16. The maximum Gasteiger partial charge on any atom is 0.305 e. The van der Waals surface area contributed by atoms with Crippen LogP contribution in [0.15, 0.2) is 12.7 Å². The molecule has 0 amide bonds. The summed E-state index contributed by atoms with van der Waals surface area (Å²) in [5, 5.41) is 20.6. The van der Waals surface area contributed by atoms with E-state index in [0.29, 0.717) is 30.6 Å². The van der Waals surface area contributed by atoms with E-state index in [-0.39, 0.29) is 18.2 Å². The van der Waals surface area contributed by atoms with E-state index in [9.17, 15) is 15.0 Å². The molecule has 2 aromatic heterocycles. The average Bonchev–Trinajstić information content (AvgIpc) is 3.12. The Morgan fingerprint density at radius 2 is 2.16 bits per heavy atom. The number of carbonyl (C=O) groups is 1. The molecule has 0 aliphatic carbocycles. The van der Waals surface area contributed by atoms with E-state index in [2.05, 4.69) is 15.0 Å². The number of imidazole rings is 1. The Labute approximate surface area is 143 Å². The fraction of sp³-hybridized carbons (Fsp3) is 0.600. The Bertz CT molecular complexity index is 751. The Morgan fingerprint density at radius 3 is 2.92 bits per heavy atom. The molecule has 4 atom stereocenters. The number of hydrogen-bond donors (Lipinski definition) is 3. The van der Waals surface area contributed by atoms with Crippen LogP contribution in [0.4, 0.5) is 5.82 Å². The van der Waals surface area contributed by atoms with Crippen molar-refractivity contribution in [2.75, 3.05) is 12.3 Å². The van der Waals surface area contributed by atoms with Crippen LogP contribution in [0.2, 0.25) is 0 Å². The highest BCUT2D eigenvalue weighted by atomic mass is 16.6. The summed E-state index contributed by atoms with van der Waals surface area (Å²) in [6, 6.07) is 0. The minimum Gasteiger partial charge on any atom is -0.466 e. The monoisotopic (exact) mass is 351 g/mol. The molecule has 4 N–H and O–H groups in total. The molecule has 10 heteroatoms. The number of aliphatic hydroxyl groups excluding tert-OH is 2. The summed E-state index contributed by atoms with van der Waals surface area (Å²) in [6.07, 6.45) is 0.190. The van der Waals surface area contributed by atoms with Crippen molar-refractivity contribution >= 4 is 23.0 Å². The molecular weight excluding hydrogens is 330 g/mol. The second-order valence-electron chi connectivity index (χ2n) is 5.83. The zero-order valence-corrected chi connectivity index (χ0v) is 13.8. The van der Waals surface area contributed by atoms with Gasteiger partial charge in [-0.1, -0.05) is 0 Å². The van der Waals surface area contributed by atoms with Gasteiger partial charge in [0.15, 0.2) is 17.7 Å². The fourth-order valence-electron chi connectivity index (χ4n) is 2.93. The van der Waals surface area contributed by atoms with Gasteiger partial charge >= 0.3 is 5.97 Å². The Kier molecular flexibility index (Phi) is 5.11. The molecule has 1 aliphatic rings. The van der Waals surface area contributed by atoms with Gasteiger partial charge in [0, 0.05) is 6.42 Å². The Morgan fingerprint density at radius 1 is 1.36 bits per heavy atom. The summed E-state index contributed by atoms with van der Waals surface area (Å²) in [5.41, 5.74) is 6.57. The number of aromatic nitrogens is 4. The fourth-order valence-corrected chi connectivity index (χ4v) is 2.93. The van der Waals surface area contributed by atoms with Crippen molar-refractivity contribution in [2.45, 2.75) is 50.7 Å². The molecule has 0 saturated carbocycles. The summed E-state index contributed by atoms with van der Waals surface area (Å²) < 4.78 is 12.2. The molecule has 10 nitrogen and oxygen atoms in total. The first kappa shape index (κ1) is 17.5. The number of carbonyl (C=O) groups excluding carboxylic acids is 1. The van der Waals surface area contributed by atoms with Gasteiger partial charge in [0.1, 0.15) is 24.1 Å². The molecule has 2 aromatic rings. The summed E-state index contributed by atoms with van der Waals surface area (Å²) in [4.78, 5) is 23.5. The molecule has 0 radical (unpaired) electrons. The van der Waals surface area contributed by atoms with Crippen LogP contribution in [0.5, 0.6) is 0 Å². The van der Waals surface area contributed by atoms with Crippen LogP contribution in [-0.4, -0.2) is 60.6 Å². The van der Waals surface area contributed by atoms with Crippen molar-refractivity contribution in [1.29, 1.82) is 0 Å². The van der Waals surface area contributed by atoms with Crippen LogP contribution in [0, 0.1) is 0 Å². The van der Waals surface area contributed by atoms with Gasteiger partial charge in [-0.3, -0.25) is 9.36 Å². The zero-order valence-electron chi connectivity index (χ0n) is 13.8. The summed E-state index contributed by atoms with van der Waals surface area (Å²) in [5.74, 6) is -0.0670. The minimum atomic E-state index is -1.15. The molecule has 3 rings (SSSR count). The predicted molar refractivity (Wildman–Crippen MR) is 86.1 cm³/mol. The number of aliphatic hydroxyl groups is 2. The van der Waals surface area contributed by atoms with E-state index in [4.69, 9.17) is 15.2 Å². The van der Waals surface area contributed by atoms with Gasteiger partial charge in [0.05, 0.1) is 19.0 Å². The largest absolute Gasteiger partial charge is 0.466 e. The predicted octanol–water partition coefficient (Wildman–Crippen LogP) is -0.239. The van der Waals surface area contributed by atoms with Crippen molar-refractivity contribution in [2.24, 2.45) is 0 Å². The lowest BCUT2D eigenvalue weighted by Crippen LogP contribution is -2.31. The highest BCUT2D eigenvalue weighted by molar-refractivity contribution is 5.81. The third-order valence-electron chi connectivity index (χ3n) is 4.17. The summed E-state index contributed by atoms with van der Waals surface area (Å²) in [6.45, 7) is 2.08. The van der Waals surface area contributed by atoms with Gasteiger partial charge in [-0.25, -0.2) is 15.0 Å². The van der Waals surface area contributed by atoms with Crippen molar-refractivity contribution in [3.8, 4) is 0 Å². The van der Waals surface area contributed by atoms with Crippen molar-refractivity contribution in [1.82, 2.24) is 19.5 Å². The summed E-state index contributed by atoms with van der Waals surface area (Å²) in [7, 11) is 0. The SMILES string of the molecule is CCOC(=O)CCC[C@H]1O[C@@H](n2cnc3c(N)ncnc32)[C@H](O)[C@@H]1O. The van der Waals surface area contributed by atoms with Gasteiger partial charge in [0.25, 0.3) is 0 Å². The van der Waals surface area contributed by atoms with Crippen molar-refractivity contribution in [3.05, 3.63) is 12.7 Å². The Hall–Kier alpha value is -2.30. The topological polar surface area (TPSA) is 146 Å². The molecular formula is C15H21N5O5. The van der Waals surface area contributed by atoms with Crippen LogP contribution in [0.1, 0.15) is 32.4 Å². The van der Waals surface area contributed by atoms with Crippen LogP contribution >= 0.6 is 0 Å². The second kappa shape index (κ2) is 7.30. The first-order valence-corrected chi connectivity index (χ1v) is 8.13. The molecule has 0 spiro atoms. The lowest BCUT2D eigenvalue weighted by molar-refractivity contribution is -0.143. The van der Waals surface area contributed by atoms with E-state index in [1.807, 2.05) is 0 Å². The lowest BCUT2D eigenvalue weighted by atomic mass is 10.0. The van der Waals surface area contributed by atoms with E-state index in [1.165, 1.54) is 17.2 Å². The van der Waals surface area contributed by atoms with E-state index in [1.54, 1.807) is 6.92 Å². The minimum absolute atomic E-state index is 0.225. The van der Waals surface area contributed by atoms with Gasteiger partial charge in [0.2, 0.25) is 0 Å². The smallest absolute Gasteiger partial charge is 0.305 e. The molecule has 0 unspecified atom stereocenters. The number of nitrogens with zero attached hydrogens (tertiary/aromatic N) is 4. The third kappa shape index (κ3) is 3.41. The van der Waals surface area contributed by atoms with E-state index in [0.717, 1.165) is 0 Å². The van der Waals surface area contributed by atoms with E-state index >= 15 is 0 Å². The number of rotatable bonds is 6. The maximum absolute atomic E-state index is 11.4. The van der Waals surface area contributed by atoms with E-state index < -0.39 is 24.5 Å². The quantitative estimate of drug-likeness (QED) is 0.600. The highest BCUT2D eigenvalue weighted by Crippen LogP contribution is 2.33. The number of hydrogen-bond acceptors (Lipinski definition) is 9. The number of ether oxygens (including phenoxy) is 2. The number of fused-ring (bicyclic) bond motifs is 1. The van der Waals surface area contributed by atoms with Crippen LogP contribution in [-0.2, 0) is 14.3 Å². The van der Waals surface area contributed by atoms with Crippen molar-refractivity contribution in [3.63, 3.8) is 0 Å². The number of esters is 1. The second-order valence-corrected chi connectivity index (χ2v) is 5.83. The number of anilines is 1. The molecule has 25 heavy (non-hydrogen) atoms. The molecule has 1 saturated heterocycles. The van der Waals surface area contributed by atoms with Crippen LogP contribution < -0.4 is 5.73 Å². The molecule has 3 heterocycles. The van der Waals surface area contributed by atoms with Crippen LogP contribution in [0.3, 0.4) is 0 Å². The van der Waals surface area contributed by atoms with Gasteiger partial charge in [-0.15, -0.1) is 0 Å². The summed E-state index contributed by atoms with van der Waals surface area (Å²) >= 11 is 0. The van der Waals surface area contributed by atoms with Gasteiger partial charge in [-0.2, -0.15) is 0 Å². The van der Waals surface area contributed by atoms with Crippen LogP contribution in [0.25, 0.3) is 11.2 Å². The number of nitrogens with two attached hydrogens (primary N) is 1. The first-order valence-electron chi connectivity index (χ1n) is 8.13.